The molecule has 0 fully saturated rings. The Morgan fingerprint density at radius 2 is 1.53 bits per heavy atom. The van der Waals surface area contributed by atoms with E-state index in [2.05, 4.69) is 6.58 Å². The van der Waals surface area contributed by atoms with Crippen molar-refractivity contribution in [1.82, 2.24) is 4.90 Å². The largest absolute Gasteiger partial charge is 0.306 e. The van der Waals surface area contributed by atoms with Crippen LogP contribution in [0.15, 0.2) is 96.0 Å². The number of amides is 1. The Morgan fingerprint density at radius 3 is 2.23 bits per heavy atom. The lowest BCUT2D eigenvalue weighted by atomic mass is 10.1. The van der Waals surface area contributed by atoms with Gasteiger partial charge in [0.25, 0.3) is 15.9 Å². The van der Waals surface area contributed by atoms with E-state index in [1.807, 2.05) is 37.3 Å². The summed E-state index contributed by atoms with van der Waals surface area (Å²) in [7, 11) is -3.87. The van der Waals surface area contributed by atoms with Crippen LogP contribution in [-0.2, 0) is 16.6 Å². The minimum atomic E-state index is -3.87. The van der Waals surface area contributed by atoms with E-state index in [-0.39, 0.29) is 17.3 Å². The van der Waals surface area contributed by atoms with Gasteiger partial charge < -0.3 is 4.90 Å². The summed E-state index contributed by atoms with van der Waals surface area (Å²) in [6.07, 6.45) is 0. The Kier molecular flexibility index (Phi) is 5.18. The van der Waals surface area contributed by atoms with Crippen molar-refractivity contribution >= 4 is 21.6 Å². The number of benzene rings is 3. The maximum Gasteiger partial charge on any atom is 0.264 e. The van der Waals surface area contributed by atoms with Crippen LogP contribution in [0.4, 0.5) is 5.69 Å². The predicted molar refractivity (Wildman–Crippen MR) is 118 cm³/mol. The first kappa shape index (κ1) is 19.9. The molecule has 3 aromatic carbocycles. The van der Waals surface area contributed by atoms with Crippen molar-refractivity contribution in [1.29, 1.82) is 0 Å². The second-order valence-corrected chi connectivity index (χ2v) is 9.15. The summed E-state index contributed by atoms with van der Waals surface area (Å²) in [5.41, 5.74) is 3.04. The zero-order valence-corrected chi connectivity index (χ0v) is 17.5. The van der Waals surface area contributed by atoms with Crippen molar-refractivity contribution in [2.75, 3.05) is 10.8 Å². The molecular weight excluding hydrogens is 396 g/mol. The third-order valence-electron chi connectivity index (χ3n) is 5.15. The Hall–Kier alpha value is -3.38. The van der Waals surface area contributed by atoms with Crippen molar-refractivity contribution in [2.24, 2.45) is 0 Å². The summed E-state index contributed by atoms with van der Waals surface area (Å²) in [6.45, 7) is 6.27. The SMILES string of the molecule is C=C1CN(S(=O)(=O)c2ccc(C)cc2)c2ccccc2C(=O)N1Cc1ccccc1. The highest BCUT2D eigenvalue weighted by Gasteiger charge is 2.35. The zero-order valence-electron chi connectivity index (χ0n) is 16.7. The molecule has 0 unspecified atom stereocenters. The lowest BCUT2D eigenvalue weighted by molar-refractivity contribution is 0.0800. The maximum absolute atomic E-state index is 13.5. The van der Waals surface area contributed by atoms with Crippen LogP contribution in [0, 0.1) is 6.92 Å². The summed E-state index contributed by atoms with van der Waals surface area (Å²) in [6, 6.07) is 23.1. The summed E-state index contributed by atoms with van der Waals surface area (Å²) in [5.74, 6) is -0.263. The van der Waals surface area contributed by atoms with Crippen LogP contribution in [0.25, 0.3) is 0 Å². The molecule has 30 heavy (non-hydrogen) atoms. The van der Waals surface area contributed by atoms with Gasteiger partial charge in [-0.3, -0.25) is 9.10 Å². The lowest BCUT2D eigenvalue weighted by Crippen LogP contribution is -2.35. The van der Waals surface area contributed by atoms with Crippen LogP contribution < -0.4 is 4.31 Å². The van der Waals surface area contributed by atoms with Crippen LogP contribution in [0.1, 0.15) is 21.5 Å². The molecule has 0 N–H and O–H groups in total. The number of anilines is 1. The average molecular weight is 419 g/mol. The lowest BCUT2D eigenvalue weighted by Gasteiger charge is -2.26. The van der Waals surface area contributed by atoms with Gasteiger partial charge in [-0.05, 0) is 36.8 Å². The molecule has 0 bridgehead atoms. The molecule has 4 rings (SSSR count). The molecule has 0 atom stereocenters. The Labute approximate surface area is 176 Å². The molecule has 0 saturated carbocycles. The number of aryl methyl sites for hydroxylation is 1. The Balaban J connectivity index is 1.79. The van der Waals surface area contributed by atoms with E-state index in [0.717, 1.165) is 11.1 Å². The van der Waals surface area contributed by atoms with Crippen molar-refractivity contribution in [3.63, 3.8) is 0 Å². The van der Waals surface area contributed by atoms with Gasteiger partial charge in [-0.15, -0.1) is 0 Å². The van der Waals surface area contributed by atoms with Crippen LogP contribution in [0.2, 0.25) is 0 Å². The molecular formula is C24H22N2O3S. The quantitative estimate of drug-likeness (QED) is 0.633. The number of para-hydroxylation sites is 1. The summed E-state index contributed by atoms with van der Waals surface area (Å²) >= 11 is 0. The molecule has 5 nitrogen and oxygen atoms in total. The van der Waals surface area contributed by atoms with Gasteiger partial charge in [0.15, 0.2) is 0 Å². The van der Waals surface area contributed by atoms with E-state index in [1.165, 1.54) is 4.31 Å². The van der Waals surface area contributed by atoms with Crippen molar-refractivity contribution < 1.29 is 13.2 Å². The minimum absolute atomic E-state index is 0.00814. The molecule has 1 aliphatic heterocycles. The molecule has 1 amide bonds. The summed E-state index contributed by atoms with van der Waals surface area (Å²) in [4.78, 5) is 15.1. The molecule has 6 heteroatoms. The van der Waals surface area contributed by atoms with Crippen molar-refractivity contribution in [3.05, 3.63) is 108 Å². The van der Waals surface area contributed by atoms with Gasteiger partial charge in [-0.25, -0.2) is 8.42 Å². The standard InChI is InChI=1S/C24H22N2O3S/c1-18-12-14-21(15-13-18)30(28,29)26-16-19(2)25(17-20-8-4-3-5-9-20)24(27)22-10-6-7-11-23(22)26/h3-15H,2,16-17H2,1H3. The first-order chi connectivity index (χ1) is 14.4. The van der Waals surface area contributed by atoms with Gasteiger partial charge in [-0.1, -0.05) is 66.7 Å². The minimum Gasteiger partial charge on any atom is -0.306 e. The number of carbonyl (C=O) groups excluding carboxylic acids is 1. The molecule has 0 aliphatic carbocycles. The second-order valence-electron chi connectivity index (χ2n) is 7.29. The number of sulfonamides is 1. The monoisotopic (exact) mass is 418 g/mol. The Morgan fingerprint density at radius 1 is 0.900 bits per heavy atom. The van der Waals surface area contributed by atoms with Gasteiger partial charge in [0, 0.05) is 5.70 Å². The number of rotatable bonds is 4. The highest BCUT2D eigenvalue weighted by Crippen LogP contribution is 2.33. The first-order valence-corrected chi connectivity index (χ1v) is 11.0. The molecule has 152 valence electrons. The van der Waals surface area contributed by atoms with Crippen LogP contribution in [0.5, 0.6) is 0 Å². The van der Waals surface area contributed by atoms with E-state index < -0.39 is 10.0 Å². The number of hydrogen-bond acceptors (Lipinski definition) is 3. The van der Waals surface area contributed by atoms with E-state index in [0.29, 0.717) is 23.5 Å². The topological polar surface area (TPSA) is 57.7 Å². The van der Waals surface area contributed by atoms with E-state index >= 15 is 0 Å². The van der Waals surface area contributed by atoms with Gasteiger partial charge in [0.1, 0.15) is 0 Å². The first-order valence-electron chi connectivity index (χ1n) is 9.60. The summed E-state index contributed by atoms with van der Waals surface area (Å²) < 4.78 is 28.2. The number of fused-ring (bicyclic) bond motifs is 1. The maximum atomic E-state index is 13.5. The third kappa shape index (κ3) is 3.62. The molecule has 0 aromatic heterocycles. The van der Waals surface area contributed by atoms with E-state index in [4.69, 9.17) is 0 Å². The van der Waals surface area contributed by atoms with Gasteiger partial charge in [-0.2, -0.15) is 0 Å². The summed E-state index contributed by atoms with van der Waals surface area (Å²) in [5, 5.41) is 0. The predicted octanol–water partition coefficient (Wildman–Crippen LogP) is 4.36. The molecule has 0 spiro atoms. The molecule has 1 aliphatic rings. The van der Waals surface area contributed by atoms with Gasteiger partial charge in [0.2, 0.25) is 0 Å². The normalized spacial score (nSPS) is 14.4. The zero-order chi connectivity index (χ0) is 21.3. The van der Waals surface area contributed by atoms with Crippen molar-refractivity contribution in [3.8, 4) is 0 Å². The van der Waals surface area contributed by atoms with Crippen molar-refractivity contribution in [2.45, 2.75) is 18.4 Å². The highest BCUT2D eigenvalue weighted by molar-refractivity contribution is 7.92. The number of nitrogens with zero attached hydrogens (tertiary/aromatic N) is 2. The van der Waals surface area contributed by atoms with Crippen LogP contribution >= 0.6 is 0 Å². The fraction of sp³-hybridized carbons (Fsp3) is 0.125. The Bertz CT molecular complexity index is 1200. The molecule has 0 saturated heterocycles. The fourth-order valence-electron chi connectivity index (χ4n) is 3.50. The van der Waals surface area contributed by atoms with E-state index in [9.17, 15) is 13.2 Å². The smallest absolute Gasteiger partial charge is 0.264 e. The molecule has 3 aromatic rings. The number of carbonyl (C=O) groups is 1. The number of hydrogen-bond donors (Lipinski definition) is 0. The molecule has 1 heterocycles. The van der Waals surface area contributed by atoms with Gasteiger partial charge >= 0.3 is 0 Å². The van der Waals surface area contributed by atoms with E-state index in [1.54, 1.807) is 53.4 Å². The van der Waals surface area contributed by atoms with Crippen LogP contribution in [0.3, 0.4) is 0 Å². The molecule has 0 radical (unpaired) electrons. The van der Waals surface area contributed by atoms with Gasteiger partial charge in [0.05, 0.1) is 29.2 Å². The highest BCUT2D eigenvalue weighted by atomic mass is 32.2. The fourth-order valence-corrected chi connectivity index (χ4v) is 4.97. The third-order valence-corrected chi connectivity index (χ3v) is 6.92. The second kappa shape index (κ2) is 7.80. The average Bonchev–Trinajstić information content (AvgIpc) is 2.85. The van der Waals surface area contributed by atoms with Crippen LogP contribution in [-0.4, -0.2) is 25.8 Å².